The van der Waals surface area contributed by atoms with E-state index in [4.69, 9.17) is 11.6 Å². The molecule has 0 fully saturated rings. The molecule has 1 aromatic carbocycles. The van der Waals surface area contributed by atoms with Crippen LogP contribution in [-0.4, -0.2) is 18.2 Å². The maximum absolute atomic E-state index is 12.2. The molecule has 2 rings (SSSR count). The van der Waals surface area contributed by atoms with Gasteiger partial charge in [0.05, 0.1) is 10.6 Å². The van der Waals surface area contributed by atoms with Crippen LogP contribution in [0, 0.1) is 13.8 Å². The number of nitrogens with zero attached hydrogens (tertiary/aromatic N) is 2. The van der Waals surface area contributed by atoms with Crippen LogP contribution in [0.1, 0.15) is 17.0 Å². The zero-order valence-corrected chi connectivity index (χ0v) is 13.1. The number of sulfonamides is 1. The number of rotatable bonds is 4. The van der Waals surface area contributed by atoms with Crippen molar-refractivity contribution in [2.24, 2.45) is 7.05 Å². The van der Waals surface area contributed by atoms with E-state index in [1.165, 1.54) is 12.1 Å². The lowest BCUT2D eigenvalue weighted by molar-refractivity contribution is 0.581. The summed E-state index contributed by atoms with van der Waals surface area (Å²) in [4.78, 5) is 0.195. The molecule has 0 saturated carbocycles. The molecule has 108 valence electrons. The zero-order chi connectivity index (χ0) is 14.9. The van der Waals surface area contributed by atoms with Crippen LogP contribution in [0.25, 0.3) is 0 Å². The highest BCUT2D eigenvalue weighted by Gasteiger charge is 2.16. The first-order valence-electron chi connectivity index (χ1n) is 6.05. The lowest BCUT2D eigenvalue weighted by Gasteiger charge is -2.07. The molecule has 20 heavy (non-hydrogen) atoms. The summed E-state index contributed by atoms with van der Waals surface area (Å²) in [5.74, 6) is 0. The highest BCUT2D eigenvalue weighted by atomic mass is 35.5. The van der Waals surface area contributed by atoms with Gasteiger partial charge in [0.25, 0.3) is 0 Å². The monoisotopic (exact) mass is 313 g/mol. The highest BCUT2D eigenvalue weighted by molar-refractivity contribution is 7.89. The molecule has 0 aliphatic carbocycles. The Morgan fingerprint density at radius 3 is 2.35 bits per heavy atom. The summed E-state index contributed by atoms with van der Waals surface area (Å²) in [6.45, 7) is 3.99. The molecule has 7 heteroatoms. The maximum Gasteiger partial charge on any atom is 0.240 e. The third-order valence-electron chi connectivity index (χ3n) is 3.22. The first kappa shape index (κ1) is 15.0. The average Bonchev–Trinajstić information content (AvgIpc) is 2.62. The van der Waals surface area contributed by atoms with Gasteiger partial charge in [0.2, 0.25) is 10.0 Å². The van der Waals surface area contributed by atoms with Gasteiger partial charge in [-0.15, -0.1) is 0 Å². The van der Waals surface area contributed by atoms with E-state index in [9.17, 15) is 8.42 Å². The molecule has 1 N–H and O–H groups in total. The molecule has 0 atom stereocenters. The van der Waals surface area contributed by atoms with Gasteiger partial charge in [-0.2, -0.15) is 5.10 Å². The second-order valence-electron chi connectivity index (χ2n) is 4.55. The van der Waals surface area contributed by atoms with Crippen LogP contribution in [0.2, 0.25) is 5.02 Å². The molecule has 1 aromatic heterocycles. The Kier molecular flexibility index (Phi) is 4.17. The van der Waals surface area contributed by atoms with Gasteiger partial charge in [0.15, 0.2) is 0 Å². The van der Waals surface area contributed by atoms with Gasteiger partial charge in [-0.1, -0.05) is 11.6 Å². The second kappa shape index (κ2) is 5.55. The summed E-state index contributed by atoms with van der Waals surface area (Å²) >= 11 is 5.75. The molecular weight excluding hydrogens is 298 g/mol. The minimum absolute atomic E-state index is 0.195. The fourth-order valence-electron chi connectivity index (χ4n) is 1.94. The van der Waals surface area contributed by atoms with Crippen LogP contribution in [0.5, 0.6) is 0 Å². The number of benzene rings is 1. The average molecular weight is 314 g/mol. The van der Waals surface area contributed by atoms with E-state index in [0.717, 1.165) is 17.0 Å². The van der Waals surface area contributed by atoms with Crippen LogP contribution >= 0.6 is 11.6 Å². The van der Waals surface area contributed by atoms with Gasteiger partial charge < -0.3 is 0 Å². The Bertz CT molecular complexity index is 721. The number of hydrogen-bond acceptors (Lipinski definition) is 3. The van der Waals surface area contributed by atoms with Crippen LogP contribution < -0.4 is 4.72 Å². The van der Waals surface area contributed by atoms with Gasteiger partial charge in [-0.05, 0) is 38.1 Å². The SMILES string of the molecule is Cc1nn(C)c(C)c1CNS(=O)(=O)c1ccc(Cl)cc1. The van der Waals surface area contributed by atoms with Crippen LogP contribution in [0.4, 0.5) is 0 Å². The Hall–Kier alpha value is -1.37. The Balaban J connectivity index is 2.19. The molecule has 2 aromatic rings. The number of aromatic nitrogens is 2. The quantitative estimate of drug-likeness (QED) is 0.941. The normalized spacial score (nSPS) is 11.8. The van der Waals surface area contributed by atoms with E-state index < -0.39 is 10.0 Å². The number of nitrogens with one attached hydrogen (secondary N) is 1. The first-order valence-corrected chi connectivity index (χ1v) is 7.91. The minimum atomic E-state index is -3.55. The van der Waals surface area contributed by atoms with Crippen molar-refractivity contribution in [1.29, 1.82) is 0 Å². The molecule has 0 amide bonds. The second-order valence-corrected chi connectivity index (χ2v) is 6.75. The summed E-state index contributed by atoms with van der Waals surface area (Å²) in [6, 6.07) is 6.06. The molecule has 0 bridgehead atoms. The number of aryl methyl sites for hydroxylation is 2. The van der Waals surface area contributed by atoms with Crippen LogP contribution in [0.15, 0.2) is 29.2 Å². The predicted molar refractivity (Wildman–Crippen MR) is 78.2 cm³/mol. The van der Waals surface area contributed by atoms with Crippen molar-refractivity contribution in [2.45, 2.75) is 25.3 Å². The third-order valence-corrected chi connectivity index (χ3v) is 4.89. The maximum atomic E-state index is 12.2. The molecule has 0 aliphatic heterocycles. The van der Waals surface area contributed by atoms with Gasteiger partial charge >= 0.3 is 0 Å². The number of hydrogen-bond donors (Lipinski definition) is 1. The summed E-state index contributed by atoms with van der Waals surface area (Å²) in [5.41, 5.74) is 2.66. The highest BCUT2D eigenvalue weighted by Crippen LogP contribution is 2.16. The molecule has 0 radical (unpaired) electrons. The lowest BCUT2D eigenvalue weighted by atomic mass is 10.2. The Morgan fingerprint density at radius 1 is 1.25 bits per heavy atom. The van der Waals surface area contributed by atoms with Crippen molar-refractivity contribution >= 4 is 21.6 Å². The van der Waals surface area contributed by atoms with E-state index in [2.05, 4.69) is 9.82 Å². The van der Waals surface area contributed by atoms with Crippen molar-refractivity contribution in [3.05, 3.63) is 46.2 Å². The molecule has 0 saturated heterocycles. The van der Waals surface area contributed by atoms with E-state index in [1.54, 1.807) is 16.8 Å². The van der Waals surface area contributed by atoms with Crippen LogP contribution in [-0.2, 0) is 23.6 Å². The molecule has 1 heterocycles. The fourth-order valence-corrected chi connectivity index (χ4v) is 3.06. The predicted octanol–water partition coefficient (Wildman–Crippen LogP) is 2.17. The smallest absolute Gasteiger partial charge is 0.240 e. The standard InChI is InChI=1S/C13H16ClN3O2S/c1-9-13(10(2)17(3)16-9)8-15-20(18,19)12-6-4-11(14)5-7-12/h4-7,15H,8H2,1-3H3. The largest absolute Gasteiger partial charge is 0.272 e. The van der Waals surface area contributed by atoms with E-state index in [-0.39, 0.29) is 11.4 Å². The molecule has 0 aliphatic rings. The van der Waals surface area contributed by atoms with E-state index >= 15 is 0 Å². The topological polar surface area (TPSA) is 64.0 Å². The third kappa shape index (κ3) is 3.03. The van der Waals surface area contributed by atoms with Gasteiger partial charge in [0, 0.05) is 29.9 Å². The Morgan fingerprint density at radius 2 is 1.85 bits per heavy atom. The van der Waals surface area contributed by atoms with Crippen molar-refractivity contribution < 1.29 is 8.42 Å². The summed E-state index contributed by atoms with van der Waals surface area (Å²) in [6.07, 6.45) is 0. The Labute approximate surface area is 123 Å². The van der Waals surface area contributed by atoms with Gasteiger partial charge in [-0.3, -0.25) is 4.68 Å². The van der Waals surface area contributed by atoms with Gasteiger partial charge in [-0.25, -0.2) is 13.1 Å². The molecule has 5 nitrogen and oxygen atoms in total. The summed E-state index contributed by atoms with van der Waals surface area (Å²) in [5, 5.41) is 4.76. The fraction of sp³-hybridized carbons (Fsp3) is 0.308. The summed E-state index contributed by atoms with van der Waals surface area (Å²) in [7, 11) is -1.71. The first-order chi connectivity index (χ1) is 9.31. The van der Waals surface area contributed by atoms with Gasteiger partial charge in [0.1, 0.15) is 0 Å². The summed E-state index contributed by atoms with van der Waals surface area (Å²) < 4.78 is 28.6. The van der Waals surface area contributed by atoms with Crippen molar-refractivity contribution in [3.8, 4) is 0 Å². The zero-order valence-electron chi connectivity index (χ0n) is 11.5. The van der Waals surface area contributed by atoms with Crippen molar-refractivity contribution in [3.63, 3.8) is 0 Å². The van der Waals surface area contributed by atoms with E-state index in [0.29, 0.717) is 5.02 Å². The van der Waals surface area contributed by atoms with Crippen molar-refractivity contribution in [2.75, 3.05) is 0 Å². The molecule has 0 spiro atoms. The lowest BCUT2D eigenvalue weighted by Crippen LogP contribution is -2.23. The van der Waals surface area contributed by atoms with Crippen LogP contribution in [0.3, 0.4) is 0 Å². The molecular formula is C13H16ClN3O2S. The number of halogens is 1. The van der Waals surface area contributed by atoms with Crippen molar-refractivity contribution in [1.82, 2.24) is 14.5 Å². The minimum Gasteiger partial charge on any atom is -0.272 e. The molecule has 0 unspecified atom stereocenters. The van der Waals surface area contributed by atoms with E-state index in [1.807, 2.05) is 20.9 Å².